The summed E-state index contributed by atoms with van der Waals surface area (Å²) in [7, 11) is -7.66. The van der Waals surface area contributed by atoms with E-state index in [2.05, 4.69) is 28.3 Å². The van der Waals surface area contributed by atoms with Gasteiger partial charge in [-0.05, 0) is 54.7 Å². The molecule has 1 aliphatic rings. The average Bonchev–Trinajstić information content (AvgIpc) is 3.19. The second-order valence-corrected chi connectivity index (χ2v) is 10.4. The molecule has 2 N–H and O–H groups in total. The van der Waals surface area contributed by atoms with Crippen LogP contribution in [-0.2, 0) is 20.0 Å². The molecule has 0 saturated carbocycles. The summed E-state index contributed by atoms with van der Waals surface area (Å²) in [6, 6.07) is 12.4. The van der Waals surface area contributed by atoms with Crippen molar-refractivity contribution in [2.75, 3.05) is 11.3 Å². The van der Waals surface area contributed by atoms with Gasteiger partial charge in [0.15, 0.2) is 0 Å². The molecule has 0 aliphatic carbocycles. The van der Waals surface area contributed by atoms with Crippen LogP contribution in [0.15, 0.2) is 63.3 Å². The van der Waals surface area contributed by atoms with Crippen LogP contribution in [0.25, 0.3) is 0 Å². The van der Waals surface area contributed by atoms with Crippen molar-refractivity contribution in [1.82, 2.24) is 4.72 Å². The van der Waals surface area contributed by atoms with Gasteiger partial charge in [-0.3, -0.25) is 14.4 Å². The number of nitrogens with one attached hydrogen (secondary N) is 2. The van der Waals surface area contributed by atoms with Crippen LogP contribution in [0.4, 0.5) is 5.69 Å². The normalized spacial score (nSPS) is 15.6. The topological polar surface area (TPSA) is 105 Å². The molecule has 3 rings (SSSR count). The van der Waals surface area contributed by atoms with Gasteiger partial charge in [0.2, 0.25) is 0 Å². The van der Waals surface area contributed by atoms with E-state index in [1.807, 2.05) is 0 Å². The second kappa shape index (κ2) is 8.54. The molecule has 0 amide bonds. The van der Waals surface area contributed by atoms with Gasteiger partial charge in [-0.1, -0.05) is 32.0 Å². The van der Waals surface area contributed by atoms with Crippen molar-refractivity contribution in [1.29, 1.82) is 0 Å². The van der Waals surface area contributed by atoms with Gasteiger partial charge in [-0.2, -0.15) is 0 Å². The molecule has 0 unspecified atom stereocenters. The van der Waals surface area contributed by atoms with Crippen LogP contribution in [0.3, 0.4) is 0 Å². The third-order valence-electron chi connectivity index (χ3n) is 4.89. The summed E-state index contributed by atoms with van der Waals surface area (Å²) in [5.74, 6) is 0.774. The molecule has 156 valence electrons. The van der Waals surface area contributed by atoms with Crippen molar-refractivity contribution in [2.24, 2.45) is 4.99 Å². The molecule has 29 heavy (non-hydrogen) atoms. The van der Waals surface area contributed by atoms with Gasteiger partial charge < -0.3 is 0 Å². The average molecular weight is 436 g/mol. The number of aliphatic imine (C=N–C) groups is 1. The molecule has 9 heteroatoms. The van der Waals surface area contributed by atoms with Crippen molar-refractivity contribution in [3.63, 3.8) is 0 Å². The Kier molecular flexibility index (Phi) is 6.28. The zero-order valence-corrected chi connectivity index (χ0v) is 18.1. The zero-order chi connectivity index (χ0) is 21.1. The van der Waals surface area contributed by atoms with Gasteiger partial charge in [0.25, 0.3) is 20.0 Å². The minimum atomic E-state index is -3.84. The van der Waals surface area contributed by atoms with Crippen molar-refractivity contribution in [2.45, 2.75) is 48.8 Å². The van der Waals surface area contributed by atoms with E-state index in [0.717, 1.165) is 18.4 Å². The highest BCUT2D eigenvalue weighted by atomic mass is 32.2. The summed E-state index contributed by atoms with van der Waals surface area (Å²) >= 11 is 0. The molecular weight excluding hydrogens is 410 g/mol. The number of anilines is 1. The van der Waals surface area contributed by atoms with Crippen LogP contribution < -0.4 is 9.44 Å². The van der Waals surface area contributed by atoms with Crippen LogP contribution in [0.1, 0.15) is 44.6 Å². The molecule has 0 radical (unpaired) electrons. The van der Waals surface area contributed by atoms with Crippen LogP contribution >= 0.6 is 0 Å². The van der Waals surface area contributed by atoms with E-state index >= 15 is 0 Å². The van der Waals surface area contributed by atoms with Crippen molar-refractivity contribution in [3.05, 3.63) is 54.1 Å². The van der Waals surface area contributed by atoms with Gasteiger partial charge in [0.1, 0.15) is 5.84 Å². The minimum absolute atomic E-state index is 0.0283. The van der Waals surface area contributed by atoms with Gasteiger partial charge >= 0.3 is 0 Å². The molecule has 2 aromatic carbocycles. The SMILES string of the molecule is CC[C@@H](C)c1ccc(S(=O)(=O)Nc2cccc(S(=O)(=O)NC3=NCCC3)c2)cc1. The Morgan fingerprint density at radius 1 is 0.966 bits per heavy atom. The number of sulfonamides is 2. The van der Waals surface area contributed by atoms with Gasteiger partial charge in [-0.15, -0.1) is 0 Å². The standard InChI is InChI=1S/C20H25N3O4S2/c1-3-15(2)16-9-11-18(12-10-16)28(24,25)22-17-6-4-7-19(14-17)29(26,27)23-20-8-5-13-21-20/h4,6-7,9-12,14-15,22H,3,5,8,13H2,1-2H3,(H,21,23)/t15-/m1/s1. The molecule has 0 spiro atoms. The smallest absolute Gasteiger partial charge is 0.262 e. The molecule has 1 aliphatic heterocycles. The first kappa shape index (κ1) is 21.3. The van der Waals surface area contributed by atoms with Crippen LogP contribution in [-0.4, -0.2) is 29.2 Å². The minimum Gasteiger partial charge on any atom is -0.280 e. The molecule has 0 saturated heterocycles. The Balaban J connectivity index is 1.80. The van der Waals surface area contributed by atoms with E-state index < -0.39 is 20.0 Å². The van der Waals surface area contributed by atoms with Crippen molar-refractivity contribution >= 4 is 31.6 Å². The fraction of sp³-hybridized carbons (Fsp3) is 0.350. The lowest BCUT2D eigenvalue weighted by molar-refractivity contribution is 0.591. The number of amidine groups is 1. The lowest BCUT2D eigenvalue weighted by Crippen LogP contribution is -2.29. The molecule has 1 atom stereocenters. The second-order valence-electron chi connectivity index (χ2n) is 7.05. The fourth-order valence-corrected chi connectivity index (χ4v) is 5.17. The lowest BCUT2D eigenvalue weighted by atomic mass is 9.99. The number of rotatable bonds is 7. The van der Waals surface area contributed by atoms with Gasteiger partial charge in [-0.25, -0.2) is 16.8 Å². The van der Waals surface area contributed by atoms with E-state index in [9.17, 15) is 16.8 Å². The van der Waals surface area contributed by atoms with Crippen LogP contribution in [0.5, 0.6) is 0 Å². The molecule has 2 aromatic rings. The van der Waals surface area contributed by atoms with Crippen molar-refractivity contribution in [3.8, 4) is 0 Å². The monoisotopic (exact) mass is 435 g/mol. The summed E-state index contributed by atoms with van der Waals surface area (Å²) < 4.78 is 55.4. The zero-order valence-electron chi connectivity index (χ0n) is 16.4. The first-order chi connectivity index (χ1) is 13.7. The van der Waals surface area contributed by atoms with Gasteiger partial charge in [0, 0.05) is 13.0 Å². The summed E-state index contributed by atoms with van der Waals surface area (Å²) in [4.78, 5) is 4.20. The number of benzene rings is 2. The molecular formula is C20H25N3O4S2. The summed E-state index contributed by atoms with van der Waals surface area (Å²) in [5.41, 5.74) is 1.24. The highest BCUT2D eigenvalue weighted by Crippen LogP contribution is 2.23. The maximum Gasteiger partial charge on any atom is 0.262 e. The van der Waals surface area contributed by atoms with E-state index in [1.165, 1.54) is 24.3 Å². The quantitative estimate of drug-likeness (QED) is 0.695. The molecule has 0 bridgehead atoms. The first-order valence-corrected chi connectivity index (χ1v) is 12.5. The number of hydrogen-bond donors (Lipinski definition) is 2. The van der Waals surface area contributed by atoms with Gasteiger partial charge in [0.05, 0.1) is 15.5 Å². The first-order valence-electron chi connectivity index (χ1n) is 9.50. The lowest BCUT2D eigenvalue weighted by Gasteiger charge is -2.12. The summed E-state index contributed by atoms with van der Waals surface area (Å²) in [5, 5.41) is 0. The fourth-order valence-electron chi connectivity index (χ4n) is 2.99. The molecule has 0 aromatic heterocycles. The molecule has 7 nitrogen and oxygen atoms in total. The van der Waals surface area contributed by atoms with E-state index in [0.29, 0.717) is 24.7 Å². The third-order valence-corrected chi connectivity index (χ3v) is 7.67. The highest BCUT2D eigenvalue weighted by molar-refractivity contribution is 7.92. The molecule has 1 heterocycles. The van der Waals surface area contributed by atoms with E-state index in [4.69, 9.17) is 0 Å². The predicted octanol–water partition coefficient (Wildman–Crippen LogP) is 3.47. The maximum atomic E-state index is 12.7. The van der Waals surface area contributed by atoms with Crippen molar-refractivity contribution < 1.29 is 16.8 Å². The third kappa shape index (κ3) is 5.16. The van der Waals surface area contributed by atoms with Crippen LogP contribution in [0, 0.1) is 0 Å². The Bertz CT molecular complexity index is 1110. The Labute approximate surface area is 172 Å². The highest BCUT2D eigenvalue weighted by Gasteiger charge is 2.20. The maximum absolute atomic E-state index is 12.7. The molecule has 0 fully saturated rings. The Hall–Kier alpha value is -2.39. The number of nitrogens with zero attached hydrogens (tertiary/aromatic N) is 1. The number of hydrogen-bond acceptors (Lipinski definition) is 5. The summed E-state index contributed by atoms with van der Waals surface area (Å²) in [6.07, 6.45) is 2.36. The summed E-state index contributed by atoms with van der Waals surface area (Å²) in [6.45, 7) is 4.76. The Morgan fingerprint density at radius 3 is 2.28 bits per heavy atom. The largest absolute Gasteiger partial charge is 0.280 e. The van der Waals surface area contributed by atoms with Crippen LogP contribution in [0.2, 0.25) is 0 Å². The Morgan fingerprint density at radius 2 is 1.66 bits per heavy atom. The van der Waals surface area contributed by atoms with E-state index in [1.54, 1.807) is 24.3 Å². The predicted molar refractivity (Wildman–Crippen MR) is 114 cm³/mol. The van der Waals surface area contributed by atoms with E-state index in [-0.39, 0.29) is 15.5 Å².